The van der Waals surface area contributed by atoms with Crippen molar-refractivity contribution in [3.05, 3.63) is 99.5 Å². The topological polar surface area (TPSA) is 86.6 Å². The summed E-state index contributed by atoms with van der Waals surface area (Å²) in [5, 5.41) is 2.63. The first-order chi connectivity index (χ1) is 14.0. The van der Waals surface area contributed by atoms with Gasteiger partial charge in [0.05, 0.1) is 12.7 Å². The molecule has 0 bridgehead atoms. The summed E-state index contributed by atoms with van der Waals surface area (Å²) in [6.45, 7) is 2.18. The van der Waals surface area contributed by atoms with E-state index < -0.39 is 17.4 Å². The Hall–Kier alpha value is -3.87. The third-order valence-corrected chi connectivity index (χ3v) is 4.21. The van der Waals surface area contributed by atoms with E-state index in [9.17, 15) is 14.4 Å². The monoisotopic (exact) mass is 392 g/mol. The highest BCUT2D eigenvalue weighted by molar-refractivity contribution is 6.04. The van der Waals surface area contributed by atoms with Crippen LogP contribution < -0.4 is 15.7 Å². The molecule has 1 aromatic heterocycles. The maximum atomic E-state index is 12.6. The molecule has 0 radical (unpaired) electrons. The number of ether oxygens (including phenoxy) is 1. The molecule has 1 N–H and O–H groups in total. The zero-order valence-electron chi connectivity index (χ0n) is 16.0. The highest BCUT2D eigenvalue weighted by Gasteiger charge is 2.14. The van der Waals surface area contributed by atoms with Crippen molar-refractivity contribution in [2.45, 2.75) is 13.5 Å². The van der Waals surface area contributed by atoms with E-state index in [2.05, 4.69) is 10.1 Å². The van der Waals surface area contributed by atoms with Crippen molar-refractivity contribution in [3.8, 4) is 0 Å². The molecule has 0 unspecified atom stereocenters. The number of aryl methyl sites for hydroxylation is 1. The van der Waals surface area contributed by atoms with E-state index >= 15 is 0 Å². The van der Waals surface area contributed by atoms with Crippen LogP contribution in [0.15, 0.2) is 71.7 Å². The van der Waals surface area contributed by atoms with Gasteiger partial charge in [-0.05, 0) is 48.9 Å². The molecule has 1 heterocycles. The van der Waals surface area contributed by atoms with Gasteiger partial charge in [0.15, 0.2) is 0 Å². The van der Waals surface area contributed by atoms with Crippen molar-refractivity contribution < 1.29 is 19.2 Å². The van der Waals surface area contributed by atoms with Gasteiger partial charge >= 0.3 is 5.97 Å². The van der Waals surface area contributed by atoms with Crippen LogP contribution >= 0.6 is 0 Å². The molecule has 0 fully saturated rings. The number of pyridine rings is 1. The lowest BCUT2D eigenvalue weighted by atomic mass is 10.2. The number of hydrogen-bond donors (Lipinski definition) is 1. The van der Waals surface area contributed by atoms with Crippen LogP contribution in [-0.4, -0.2) is 23.7 Å². The molecule has 0 saturated carbocycles. The van der Waals surface area contributed by atoms with Crippen LogP contribution in [0.5, 0.6) is 0 Å². The molecule has 0 aliphatic heterocycles. The van der Waals surface area contributed by atoms with Gasteiger partial charge in [0.1, 0.15) is 12.2 Å². The molecule has 3 rings (SSSR count). The van der Waals surface area contributed by atoms with E-state index in [4.69, 9.17) is 4.84 Å². The fourth-order valence-electron chi connectivity index (χ4n) is 2.58. The second kappa shape index (κ2) is 8.88. The van der Waals surface area contributed by atoms with Gasteiger partial charge in [0, 0.05) is 11.9 Å². The number of carbonyl (C=O) groups is 2. The largest absolute Gasteiger partial charge is 0.465 e. The summed E-state index contributed by atoms with van der Waals surface area (Å²) in [6, 6.07) is 16.9. The van der Waals surface area contributed by atoms with Crippen LogP contribution in [0.2, 0.25) is 0 Å². The maximum Gasteiger partial charge on any atom is 0.337 e. The Bertz CT molecular complexity index is 1070. The normalized spacial score (nSPS) is 10.3. The Morgan fingerprint density at radius 3 is 2.34 bits per heavy atom. The first-order valence-corrected chi connectivity index (χ1v) is 8.88. The van der Waals surface area contributed by atoms with Crippen molar-refractivity contribution in [2.24, 2.45) is 0 Å². The Labute approximate surface area is 167 Å². The number of anilines is 1. The minimum atomic E-state index is -0.575. The quantitative estimate of drug-likeness (QED) is 0.652. The van der Waals surface area contributed by atoms with E-state index in [0.717, 1.165) is 15.9 Å². The Balaban J connectivity index is 1.71. The van der Waals surface area contributed by atoms with Crippen molar-refractivity contribution in [1.82, 2.24) is 4.73 Å². The Morgan fingerprint density at radius 2 is 1.69 bits per heavy atom. The fraction of sp³-hybridized carbons (Fsp3) is 0.136. The van der Waals surface area contributed by atoms with Gasteiger partial charge in [-0.25, -0.2) is 4.79 Å². The van der Waals surface area contributed by atoms with E-state index in [-0.39, 0.29) is 12.2 Å². The fourth-order valence-corrected chi connectivity index (χ4v) is 2.58. The summed E-state index contributed by atoms with van der Waals surface area (Å²) in [4.78, 5) is 42.1. The van der Waals surface area contributed by atoms with Gasteiger partial charge in [-0.3, -0.25) is 9.59 Å². The SMILES string of the molecule is COC(=O)c1ccc(NC(=O)c2cccn(OCc3ccc(C)cc3)c2=O)cc1. The minimum absolute atomic E-state index is 0.0616. The molecule has 0 atom stereocenters. The second-order valence-corrected chi connectivity index (χ2v) is 6.33. The van der Waals surface area contributed by atoms with Crippen LogP contribution in [0.1, 0.15) is 31.8 Å². The van der Waals surface area contributed by atoms with Gasteiger partial charge in [0.25, 0.3) is 11.5 Å². The second-order valence-electron chi connectivity index (χ2n) is 6.33. The smallest absolute Gasteiger partial charge is 0.337 e. The van der Waals surface area contributed by atoms with Crippen molar-refractivity contribution in [3.63, 3.8) is 0 Å². The molecule has 7 nitrogen and oxygen atoms in total. The van der Waals surface area contributed by atoms with E-state index in [1.54, 1.807) is 18.2 Å². The van der Waals surface area contributed by atoms with Gasteiger partial charge < -0.3 is 14.9 Å². The number of hydrogen-bond acceptors (Lipinski definition) is 5. The first-order valence-electron chi connectivity index (χ1n) is 8.88. The maximum absolute atomic E-state index is 12.6. The minimum Gasteiger partial charge on any atom is -0.465 e. The van der Waals surface area contributed by atoms with Crippen LogP contribution in [0, 0.1) is 6.92 Å². The number of methoxy groups -OCH3 is 1. The highest BCUT2D eigenvalue weighted by atomic mass is 16.7. The van der Waals surface area contributed by atoms with Crippen molar-refractivity contribution >= 4 is 17.6 Å². The van der Waals surface area contributed by atoms with Crippen molar-refractivity contribution in [1.29, 1.82) is 0 Å². The standard InChI is InChI=1S/C22H20N2O5/c1-15-5-7-16(8-6-15)14-29-24-13-3-4-19(21(24)26)20(25)23-18-11-9-17(10-12-18)22(27)28-2/h3-13H,14H2,1-2H3,(H,23,25). The van der Waals surface area contributed by atoms with E-state index in [0.29, 0.717) is 11.3 Å². The number of rotatable bonds is 6. The van der Waals surface area contributed by atoms with Gasteiger partial charge in [0.2, 0.25) is 0 Å². The lowest BCUT2D eigenvalue weighted by Crippen LogP contribution is -2.32. The predicted octanol–water partition coefficient (Wildman–Crippen LogP) is 2.82. The summed E-state index contributed by atoms with van der Waals surface area (Å²) in [5.41, 5.74) is 2.21. The molecular formula is C22H20N2O5. The van der Waals surface area contributed by atoms with E-state index in [1.165, 1.54) is 31.5 Å². The summed E-state index contributed by atoms with van der Waals surface area (Å²) >= 11 is 0. The number of aromatic nitrogens is 1. The number of esters is 1. The Morgan fingerprint density at radius 1 is 1.00 bits per heavy atom. The molecular weight excluding hydrogens is 372 g/mol. The third-order valence-electron chi connectivity index (χ3n) is 4.21. The molecule has 7 heteroatoms. The molecule has 29 heavy (non-hydrogen) atoms. The van der Waals surface area contributed by atoms with Crippen molar-refractivity contribution in [2.75, 3.05) is 12.4 Å². The average Bonchev–Trinajstić information content (AvgIpc) is 2.74. The number of nitrogens with zero attached hydrogens (tertiary/aromatic N) is 1. The zero-order valence-corrected chi connectivity index (χ0v) is 16.0. The molecule has 3 aromatic rings. The zero-order chi connectivity index (χ0) is 20.8. The summed E-state index contributed by atoms with van der Waals surface area (Å²) in [6.07, 6.45) is 1.46. The predicted molar refractivity (Wildman–Crippen MR) is 108 cm³/mol. The number of benzene rings is 2. The van der Waals surface area contributed by atoms with Gasteiger partial charge in [-0.1, -0.05) is 29.8 Å². The van der Waals surface area contributed by atoms with Crippen LogP contribution in [0.4, 0.5) is 5.69 Å². The highest BCUT2D eigenvalue weighted by Crippen LogP contribution is 2.11. The molecule has 0 aliphatic carbocycles. The lowest BCUT2D eigenvalue weighted by Gasteiger charge is -2.10. The lowest BCUT2D eigenvalue weighted by molar-refractivity contribution is 0.0600. The summed E-state index contributed by atoms with van der Waals surface area (Å²) in [7, 11) is 1.29. The van der Waals surface area contributed by atoms with Crippen LogP contribution in [0.25, 0.3) is 0 Å². The molecule has 0 spiro atoms. The van der Waals surface area contributed by atoms with Crippen LogP contribution in [0.3, 0.4) is 0 Å². The first kappa shape index (κ1) is 19.9. The van der Waals surface area contributed by atoms with Gasteiger partial charge in [-0.15, -0.1) is 0 Å². The van der Waals surface area contributed by atoms with E-state index in [1.807, 2.05) is 31.2 Å². The Kier molecular flexibility index (Phi) is 6.09. The van der Waals surface area contributed by atoms with Crippen LogP contribution in [-0.2, 0) is 11.3 Å². The number of nitrogens with one attached hydrogen (secondary N) is 1. The third kappa shape index (κ3) is 4.90. The number of amides is 1. The molecule has 2 aromatic carbocycles. The summed E-state index contributed by atoms with van der Waals surface area (Å²) < 4.78 is 5.67. The molecule has 0 saturated heterocycles. The molecule has 148 valence electrons. The molecule has 0 aliphatic rings. The number of carbonyl (C=O) groups excluding carboxylic acids is 2. The molecule has 1 amide bonds. The summed E-state index contributed by atoms with van der Waals surface area (Å²) in [5.74, 6) is -1.05. The average molecular weight is 392 g/mol. The van der Waals surface area contributed by atoms with Gasteiger partial charge in [-0.2, -0.15) is 4.73 Å².